The normalized spacial score (nSPS) is 10.8. The fourth-order valence-electron chi connectivity index (χ4n) is 1.72. The van der Waals surface area contributed by atoms with Crippen LogP contribution in [0.2, 0.25) is 10.0 Å². The van der Waals surface area contributed by atoms with E-state index in [1.54, 1.807) is 6.07 Å². The minimum atomic E-state index is -4.20. The summed E-state index contributed by atoms with van der Waals surface area (Å²) in [7, 11) is -4.20. The van der Waals surface area contributed by atoms with Gasteiger partial charge in [-0.3, -0.25) is 14.8 Å². The highest BCUT2D eigenvalue weighted by Crippen LogP contribution is 2.31. The third-order valence-electron chi connectivity index (χ3n) is 2.75. The molecular weight excluding hydrogens is 365 g/mol. The van der Waals surface area contributed by atoms with Gasteiger partial charge in [0.25, 0.3) is 15.7 Å². The Labute approximate surface area is 141 Å². The van der Waals surface area contributed by atoms with Gasteiger partial charge in [-0.25, -0.2) is 8.42 Å². The zero-order valence-electron chi connectivity index (χ0n) is 11.2. The quantitative estimate of drug-likeness (QED) is 0.651. The number of nitriles is 1. The Morgan fingerprint density at radius 2 is 1.87 bits per heavy atom. The molecule has 0 atom stereocenters. The predicted octanol–water partition coefficient (Wildman–Crippen LogP) is 3.57. The molecule has 2 aromatic rings. The Kier molecular flexibility index (Phi) is 4.75. The van der Waals surface area contributed by atoms with Gasteiger partial charge >= 0.3 is 0 Å². The number of nitrogens with one attached hydrogen (secondary N) is 1. The standard InChI is InChI=1S/C13H7Cl2N3O4S/c14-9-2-3-10(15)13(6-9)23(21,22)17-11-4-1-8(7-16)5-12(11)18(19)20/h1-6,17H. The molecule has 7 nitrogen and oxygen atoms in total. The minimum absolute atomic E-state index is 0.0282. The van der Waals surface area contributed by atoms with Crippen LogP contribution in [0.5, 0.6) is 0 Å². The molecule has 10 heteroatoms. The molecule has 0 spiro atoms. The number of nitrogens with zero attached hydrogens (tertiary/aromatic N) is 2. The van der Waals surface area contributed by atoms with Crippen LogP contribution in [-0.4, -0.2) is 13.3 Å². The van der Waals surface area contributed by atoms with Crippen molar-refractivity contribution in [2.75, 3.05) is 4.72 Å². The second-order valence-corrected chi connectivity index (χ2v) is 6.78. The summed E-state index contributed by atoms with van der Waals surface area (Å²) in [5, 5.41) is 19.9. The molecule has 118 valence electrons. The summed E-state index contributed by atoms with van der Waals surface area (Å²) in [6.07, 6.45) is 0. The average molecular weight is 372 g/mol. The van der Waals surface area contributed by atoms with Crippen LogP contribution in [0.25, 0.3) is 0 Å². The summed E-state index contributed by atoms with van der Waals surface area (Å²) in [5.41, 5.74) is -0.809. The molecule has 2 aromatic carbocycles. The molecule has 0 unspecified atom stereocenters. The zero-order valence-corrected chi connectivity index (χ0v) is 13.5. The van der Waals surface area contributed by atoms with E-state index in [1.807, 2.05) is 0 Å². The number of hydrogen-bond acceptors (Lipinski definition) is 5. The van der Waals surface area contributed by atoms with Crippen LogP contribution >= 0.6 is 23.2 Å². The van der Waals surface area contributed by atoms with Gasteiger partial charge in [-0.1, -0.05) is 23.2 Å². The van der Waals surface area contributed by atoms with Crippen LogP contribution < -0.4 is 4.72 Å². The van der Waals surface area contributed by atoms with E-state index in [4.69, 9.17) is 28.5 Å². The molecular formula is C13H7Cl2N3O4S. The summed E-state index contributed by atoms with van der Waals surface area (Å²) in [4.78, 5) is 9.94. The van der Waals surface area contributed by atoms with E-state index in [0.717, 1.165) is 18.2 Å². The van der Waals surface area contributed by atoms with Gasteiger partial charge in [0, 0.05) is 11.1 Å². The van der Waals surface area contributed by atoms with Crippen LogP contribution in [0.3, 0.4) is 0 Å². The third-order valence-corrected chi connectivity index (χ3v) is 4.83. The second kappa shape index (κ2) is 6.42. The third kappa shape index (κ3) is 3.71. The monoisotopic (exact) mass is 371 g/mol. The van der Waals surface area contributed by atoms with Crippen molar-refractivity contribution >= 4 is 44.6 Å². The van der Waals surface area contributed by atoms with Gasteiger partial charge in [0.2, 0.25) is 0 Å². The Balaban J connectivity index is 2.52. The number of hydrogen-bond donors (Lipinski definition) is 1. The van der Waals surface area contributed by atoms with E-state index < -0.39 is 20.6 Å². The maximum absolute atomic E-state index is 12.4. The van der Waals surface area contributed by atoms with Crippen molar-refractivity contribution < 1.29 is 13.3 Å². The molecule has 0 bridgehead atoms. The van der Waals surface area contributed by atoms with E-state index in [-0.39, 0.29) is 26.2 Å². The van der Waals surface area contributed by atoms with Gasteiger partial charge in [0.05, 0.1) is 21.6 Å². The van der Waals surface area contributed by atoms with E-state index in [1.165, 1.54) is 18.2 Å². The number of nitro benzene ring substituents is 1. The van der Waals surface area contributed by atoms with E-state index in [2.05, 4.69) is 4.72 Å². The van der Waals surface area contributed by atoms with Crippen molar-refractivity contribution in [1.29, 1.82) is 5.26 Å². The highest BCUT2D eigenvalue weighted by molar-refractivity contribution is 7.92. The van der Waals surface area contributed by atoms with Crippen LogP contribution in [0, 0.1) is 21.4 Å². The fourth-order valence-corrected chi connectivity index (χ4v) is 3.56. The van der Waals surface area contributed by atoms with Crippen LogP contribution in [0.4, 0.5) is 11.4 Å². The van der Waals surface area contributed by atoms with Gasteiger partial charge in [0.1, 0.15) is 10.6 Å². The lowest BCUT2D eigenvalue weighted by molar-refractivity contribution is -0.383. The maximum atomic E-state index is 12.4. The van der Waals surface area contributed by atoms with E-state index in [0.29, 0.717) is 0 Å². The molecule has 1 N–H and O–H groups in total. The highest BCUT2D eigenvalue weighted by atomic mass is 35.5. The lowest BCUT2D eigenvalue weighted by atomic mass is 10.2. The first-order chi connectivity index (χ1) is 10.7. The summed E-state index contributed by atoms with van der Waals surface area (Å²) in [5.74, 6) is 0. The highest BCUT2D eigenvalue weighted by Gasteiger charge is 2.23. The number of benzene rings is 2. The van der Waals surface area contributed by atoms with Crippen molar-refractivity contribution in [3.8, 4) is 6.07 Å². The molecule has 0 heterocycles. The average Bonchev–Trinajstić information content (AvgIpc) is 2.49. The number of nitro groups is 1. The second-order valence-electron chi connectivity index (χ2n) is 4.28. The van der Waals surface area contributed by atoms with Gasteiger partial charge in [-0.05, 0) is 30.3 Å². The largest absolute Gasteiger partial charge is 0.294 e. The molecule has 0 fully saturated rings. The summed E-state index contributed by atoms with van der Waals surface area (Å²) >= 11 is 11.6. The maximum Gasteiger partial charge on any atom is 0.294 e. The van der Waals surface area contributed by atoms with Gasteiger partial charge < -0.3 is 0 Å². The van der Waals surface area contributed by atoms with Crippen LogP contribution in [0.15, 0.2) is 41.3 Å². The first kappa shape index (κ1) is 17.0. The topological polar surface area (TPSA) is 113 Å². The predicted molar refractivity (Wildman–Crippen MR) is 85.1 cm³/mol. The SMILES string of the molecule is N#Cc1ccc(NS(=O)(=O)c2cc(Cl)ccc2Cl)c([N+](=O)[O-])c1. The number of anilines is 1. The molecule has 0 amide bonds. The van der Waals surface area contributed by atoms with Crippen molar-refractivity contribution in [1.82, 2.24) is 0 Å². The summed E-state index contributed by atoms with van der Waals surface area (Å²) in [6.45, 7) is 0. The molecule has 2 rings (SSSR count). The molecule has 0 radical (unpaired) electrons. The van der Waals surface area contributed by atoms with E-state index >= 15 is 0 Å². The first-order valence-corrected chi connectivity index (χ1v) is 8.15. The Morgan fingerprint density at radius 1 is 1.17 bits per heavy atom. The van der Waals surface area contributed by atoms with Gasteiger partial charge in [0.15, 0.2) is 0 Å². The lowest BCUT2D eigenvalue weighted by Gasteiger charge is -2.10. The van der Waals surface area contributed by atoms with Crippen LogP contribution in [0.1, 0.15) is 5.56 Å². The molecule has 23 heavy (non-hydrogen) atoms. The molecule has 0 aromatic heterocycles. The van der Waals surface area contributed by atoms with Crippen molar-refractivity contribution in [2.24, 2.45) is 0 Å². The Bertz CT molecular complexity index is 939. The lowest BCUT2D eigenvalue weighted by Crippen LogP contribution is -2.14. The van der Waals surface area contributed by atoms with Gasteiger partial charge in [-0.2, -0.15) is 5.26 Å². The summed E-state index contributed by atoms with van der Waals surface area (Å²) < 4.78 is 26.8. The molecule has 0 saturated carbocycles. The Morgan fingerprint density at radius 3 is 2.48 bits per heavy atom. The van der Waals surface area contributed by atoms with Crippen molar-refractivity contribution in [3.63, 3.8) is 0 Å². The Hall–Kier alpha value is -2.34. The number of sulfonamides is 1. The smallest absolute Gasteiger partial charge is 0.273 e. The number of rotatable bonds is 4. The van der Waals surface area contributed by atoms with Crippen LogP contribution in [-0.2, 0) is 10.0 Å². The molecule has 0 aliphatic rings. The van der Waals surface area contributed by atoms with Crippen molar-refractivity contribution in [3.05, 3.63) is 62.1 Å². The van der Waals surface area contributed by atoms with Gasteiger partial charge in [-0.15, -0.1) is 0 Å². The zero-order chi connectivity index (χ0) is 17.2. The summed E-state index contributed by atoms with van der Waals surface area (Å²) in [6, 6.07) is 8.93. The van der Waals surface area contributed by atoms with E-state index in [9.17, 15) is 18.5 Å². The molecule has 0 saturated heterocycles. The number of halogens is 2. The van der Waals surface area contributed by atoms with Crippen molar-refractivity contribution in [2.45, 2.75) is 4.90 Å². The minimum Gasteiger partial charge on any atom is -0.273 e. The first-order valence-electron chi connectivity index (χ1n) is 5.91. The molecule has 0 aliphatic carbocycles. The molecule has 0 aliphatic heterocycles. The fraction of sp³-hybridized carbons (Fsp3) is 0.